The molecule has 0 spiro atoms. The van der Waals surface area contributed by atoms with E-state index in [-0.39, 0.29) is 5.60 Å². The molecule has 1 aliphatic heterocycles. The Kier molecular flexibility index (Phi) is 2.30. The maximum atomic E-state index is 6.28. The first kappa shape index (κ1) is 10.9. The summed E-state index contributed by atoms with van der Waals surface area (Å²) in [5, 5.41) is 0.891. The third-order valence-electron chi connectivity index (χ3n) is 3.47. The fraction of sp³-hybridized carbons (Fsp3) is 0.667. The van der Waals surface area contributed by atoms with Gasteiger partial charge in [0.1, 0.15) is 11.4 Å². The van der Waals surface area contributed by atoms with E-state index in [0.717, 1.165) is 28.5 Å². The molecule has 0 bridgehead atoms. The van der Waals surface area contributed by atoms with E-state index in [0.29, 0.717) is 11.8 Å². The maximum absolute atomic E-state index is 6.28. The Hall–Kier alpha value is -0.630. The summed E-state index contributed by atoms with van der Waals surface area (Å²) in [4.78, 5) is 0. The molecule has 2 aliphatic rings. The van der Waals surface area contributed by atoms with Gasteiger partial charge in [0.15, 0.2) is 0 Å². The molecule has 1 saturated heterocycles. The van der Waals surface area contributed by atoms with E-state index in [1.807, 2.05) is 6.92 Å². The molecular formula is C12H18ClNO. The van der Waals surface area contributed by atoms with Gasteiger partial charge >= 0.3 is 0 Å². The predicted molar refractivity (Wildman–Crippen MR) is 62.2 cm³/mol. The number of allylic oxidation sites excluding steroid dienone is 3. The first-order valence-corrected chi connectivity index (χ1v) is 5.76. The number of halogens is 1. The molecule has 84 valence electrons. The average Bonchev–Trinajstić information content (AvgIpc) is 2.48. The quantitative estimate of drug-likeness (QED) is 0.690. The first-order chi connectivity index (χ1) is 6.83. The molecule has 1 fully saturated rings. The number of ether oxygens (including phenoxy) is 1. The van der Waals surface area contributed by atoms with Gasteiger partial charge in [-0.25, -0.2) is 0 Å². The van der Waals surface area contributed by atoms with Gasteiger partial charge in [-0.3, -0.25) is 0 Å². The molecule has 2 atom stereocenters. The zero-order chi connectivity index (χ0) is 11.4. The van der Waals surface area contributed by atoms with Crippen molar-refractivity contribution in [3.8, 4) is 0 Å². The van der Waals surface area contributed by atoms with E-state index in [1.54, 1.807) is 0 Å². The van der Waals surface area contributed by atoms with Gasteiger partial charge in [0.25, 0.3) is 0 Å². The number of nitrogens with two attached hydrogens (primary N) is 1. The Morgan fingerprint density at radius 1 is 1.47 bits per heavy atom. The molecule has 2 unspecified atom stereocenters. The average molecular weight is 228 g/mol. The van der Waals surface area contributed by atoms with E-state index >= 15 is 0 Å². The van der Waals surface area contributed by atoms with Crippen molar-refractivity contribution in [3.63, 3.8) is 0 Å². The van der Waals surface area contributed by atoms with Crippen molar-refractivity contribution in [2.24, 2.45) is 17.6 Å². The Balaban J connectivity index is 2.46. The van der Waals surface area contributed by atoms with Crippen LogP contribution in [-0.2, 0) is 4.74 Å². The molecule has 0 aromatic rings. The Labute approximate surface area is 96.1 Å². The summed E-state index contributed by atoms with van der Waals surface area (Å²) in [6.45, 7) is 8.31. The predicted octanol–water partition coefficient (Wildman–Crippen LogP) is 3.13. The van der Waals surface area contributed by atoms with Crippen molar-refractivity contribution >= 4 is 11.6 Å². The highest BCUT2D eigenvalue weighted by Gasteiger charge is 2.44. The fourth-order valence-corrected chi connectivity index (χ4v) is 2.78. The molecule has 0 amide bonds. The van der Waals surface area contributed by atoms with Crippen LogP contribution in [0.1, 0.15) is 34.1 Å². The minimum absolute atomic E-state index is 0.110. The lowest BCUT2D eigenvalue weighted by molar-refractivity contribution is 0.0749. The van der Waals surface area contributed by atoms with Gasteiger partial charge in [0, 0.05) is 16.9 Å². The van der Waals surface area contributed by atoms with E-state index in [9.17, 15) is 0 Å². The van der Waals surface area contributed by atoms with Crippen LogP contribution in [0.2, 0.25) is 0 Å². The Morgan fingerprint density at radius 3 is 2.67 bits per heavy atom. The number of fused-ring (bicyclic) bond motifs is 1. The molecule has 1 heterocycles. The van der Waals surface area contributed by atoms with Crippen LogP contribution in [0.15, 0.2) is 22.1 Å². The van der Waals surface area contributed by atoms with Crippen molar-refractivity contribution in [3.05, 3.63) is 22.1 Å². The second-order valence-corrected chi connectivity index (χ2v) is 5.62. The topological polar surface area (TPSA) is 35.2 Å². The van der Waals surface area contributed by atoms with Crippen LogP contribution < -0.4 is 5.73 Å². The lowest BCUT2D eigenvalue weighted by Gasteiger charge is -2.26. The summed E-state index contributed by atoms with van der Waals surface area (Å²) in [5.41, 5.74) is 7.66. The monoisotopic (exact) mass is 227 g/mol. The van der Waals surface area contributed by atoms with Crippen molar-refractivity contribution < 1.29 is 4.74 Å². The van der Waals surface area contributed by atoms with Gasteiger partial charge < -0.3 is 10.5 Å². The van der Waals surface area contributed by atoms with E-state index in [4.69, 9.17) is 22.1 Å². The lowest BCUT2D eigenvalue weighted by atomic mass is 9.81. The molecule has 2 rings (SSSR count). The van der Waals surface area contributed by atoms with Gasteiger partial charge in [-0.05, 0) is 32.8 Å². The number of rotatable bonds is 0. The smallest absolute Gasteiger partial charge is 0.124 e. The third kappa shape index (κ3) is 1.55. The second kappa shape index (κ2) is 3.18. The van der Waals surface area contributed by atoms with E-state index < -0.39 is 0 Å². The summed E-state index contributed by atoms with van der Waals surface area (Å²) in [6, 6.07) is 0. The molecule has 1 aliphatic carbocycles. The Bertz CT molecular complexity index is 368. The summed E-state index contributed by atoms with van der Waals surface area (Å²) >= 11 is 6.28. The third-order valence-corrected chi connectivity index (χ3v) is 4.09. The lowest BCUT2D eigenvalue weighted by Crippen LogP contribution is -2.22. The molecule has 15 heavy (non-hydrogen) atoms. The number of hydrogen-bond acceptors (Lipinski definition) is 2. The summed E-state index contributed by atoms with van der Waals surface area (Å²) in [7, 11) is 0. The highest BCUT2D eigenvalue weighted by molar-refractivity contribution is 6.30. The van der Waals surface area contributed by atoms with Crippen LogP contribution in [0.25, 0.3) is 0 Å². The van der Waals surface area contributed by atoms with Crippen LogP contribution in [0.4, 0.5) is 0 Å². The van der Waals surface area contributed by atoms with Gasteiger partial charge in [0.2, 0.25) is 0 Å². The molecule has 0 aromatic heterocycles. The van der Waals surface area contributed by atoms with Gasteiger partial charge in [0.05, 0.1) is 5.70 Å². The second-order valence-electron chi connectivity index (χ2n) is 5.21. The highest BCUT2D eigenvalue weighted by Crippen LogP contribution is 2.49. The van der Waals surface area contributed by atoms with Gasteiger partial charge in [-0.1, -0.05) is 18.5 Å². The minimum Gasteiger partial charge on any atom is -0.490 e. The molecule has 3 heteroatoms. The zero-order valence-corrected chi connectivity index (χ0v) is 10.5. The van der Waals surface area contributed by atoms with Crippen LogP contribution in [0.5, 0.6) is 0 Å². The summed E-state index contributed by atoms with van der Waals surface area (Å²) in [5.74, 6) is 1.64. The summed E-state index contributed by atoms with van der Waals surface area (Å²) < 4.78 is 5.92. The SMILES string of the molecule is CC1=C(Cl)C(C)C2CC(C)(C)OC2=C1N. The first-order valence-electron chi connectivity index (χ1n) is 5.39. The standard InChI is InChI=1S/C12H18ClNO/c1-6-8-5-12(3,4)15-11(8)10(14)7(2)9(6)13/h6,8H,5,14H2,1-4H3. The largest absolute Gasteiger partial charge is 0.490 e. The maximum Gasteiger partial charge on any atom is 0.124 e. The van der Waals surface area contributed by atoms with E-state index in [2.05, 4.69) is 20.8 Å². The van der Waals surface area contributed by atoms with Gasteiger partial charge in [-0.2, -0.15) is 0 Å². The van der Waals surface area contributed by atoms with E-state index in [1.165, 1.54) is 0 Å². The fourth-order valence-electron chi connectivity index (χ4n) is 2.53. The number of hydrogen-bond donors (Lipinski definition) is 1. The van der Waals surface area contributed by atoms with Crippen LogP contribution >= 0.6 is 11.6 Å². The van der Waals surface area contributed by atoms with Crippen molar-refractivity contribution in [2.75, 3.05) is 0 Å². The van der Waals surface area contributed by atoms with Crippen LogP contribution in [0.3, 0.4) is 0 Å². The Morgan fingerprint density at radius 2 is 2.07 bits per heavy atom. The van der Waals surface area contributed by atoms with Crippen LogP contribution in [0, 0.1) is 11.8 Å². The molecule has 2 nitrogen and oxygen atoms in total. The molecule has 0 saturated carbocycles. The molecular weight excluding hydrogens is 210 g/mol. The molecule has 0 radical (unpaired) electrons. The summed E-state index contributed by atoms with van der Waals surface area (Å²) in [6.07, 6.45) is 0.994. The van der Waals surface area contributed by atoms with Crippen molar-refractivity contribution in [1.82, 2.24) is 0 Å². The molecule has 0 aromatic carbocycles. The molecule has 2 N–H and O–H groups in total. The van der Waals surface area contributed by atoms with Crippen molar-refractivity contribution in [2.45, 2.75) is 39.7 Å². The van der Waals surface area contributed by atoms with Crippen LogP contribution in [-0.4, -0.2) is 5.60 Å². The van der Waals surface area contributed by atoms with Gasteiger partial charge in [-0.15, -0.1) is 0 Å². The normalized spacial score (nSPS) is 34.2. The minimum atomic E-state index is -0.110. The van der Waals surface area contributed by atoms with Crippen molar-refractivity contribution in [1.29, 1.82) is 0 Å². The zero-order valence-electron chi connectivity index (χ0n) is 9.73. The highest BCUT2D eigenvalue weighted by atomic mass is 35.5.